The number of aromatic nitrogens is 3. The van der Waals surface area contributed by atoms with Crippen molar-refractivity contribution in [1.82, 2.24) is 14.5 Å². The Kier molecular flexibility index (Phi) is 3.12. The predicted molar refractivity (Wildman–Crippen MR) is 81.0 cm³/mol. The lowest BCUT2D eigenvalue weighted by atomic mass is 10.3. The molecule has 0 aliphatic carbocycles. The molecule has 96 valence electrons. The van der Waals surface area contributed by atoms with Gasteiger partial charge in [0.1, 0.15) is 5.52 Å². The highest BCUT2D eigenvalue weighted by Crippen LogP contribution is 2.33. The number of nitrogen functional groups attached to an aromatic ring is 1. The van der Waals surface area contributed by atoms with Crippen LogP contribution in [0.15, 0.2) is 34.9 Å². The lowest BCUT2D eigenvalue weighted by molar-refractivity contribution is 1.08. The minimum Gasteiger partial charge on any atom is -0.369 e. The zero-order valence-electron chi connectivity index (χ0n) is 9.44. The van der Waals surface area contributed by atoms with E-state index in [1.165, 1.54) is 0 Å². The number of halogens is 3. The number of benzene rings is 1. The summed E-state index contributed by atoms with van der Waals surface area (Å²) in [6, 6.07) is 7.09. The summed E-state index contributed by atoms with van der Waals surface area (Å²) in [6.45, 7) is 0. The molecule has 1 aromatic carbocycles. The first-order valence-electron chi connectivity index (χ1n) is 5.32. The van der Waals surface area contributed by atoms with Crippen molar-refractivity contribution >= 4 is 56.2 Å². The molecule has 19 heavy (non-hydrogen) atoms. The predicted octanol–water partition coefficient (Wildman–Crippen LogP) is 4.07. The lowest BCUT2D eigenvalue weighted by Crippen LogP contribution is -2.02. The number of imidazole rings is 1. The maximum atomic E-state index is 6.20. The number of anilines is 1. The molecule has 0 unspecified atom stereocenters. The Bertz CT molecular complexity index is 764. The highest BCUT2D eigenvalue weighted by atomic mass is 79.9. The van der Waals surface area contributed by atoms with Crippen LogP contribution >= 0.6 is 39.1 Å². The quantitative estimate of drug-likeness (QED) is 0.714. The monoisotopic (exact) mass is 356 g/mol. The Morgan fingerprint density at radius 1 is 1.21 bits per heavy atom. The Labute approximate surface area is 127 Å². The number of hydrogen-bond donors (Lipinski definition) is 1. The van der Waals surface area contributed by atoms with E-state index in [1.54, 1.807) is 29.0 Å². The average molecular weight is 358 g/mol. The van der Waals surface area contributed by atoms with E-state index in [0.29, 0.717) is 26.9 Å². The first-order valence-corrected chi connectivity index (χ1v) is 6.86. The number of fused-ring (bicyclic) bond motifs is 1. The van der Waals surface area contributed by atoms with Crippen LogP contribution in [0.25, 0.3) is 16.9 Å². The third-order valence-corrected chi connectivity index (χ3v) is 3.69. The van der Waals surface area contributed by atoms with Crippen molar-refractivity contribution in [1.29, 1.82) is 0 Å². The smallest absolute Gasteiger partial charge is 0.207 e. The number of pyridine rings is 1. The van der Waals surface area contributed by atoms with Crippen molar-refractivity contribution in [3.8, 4) is 5.69 Å². The molecule has 4 nitrogen and oxygen atoms in total. The molecule has 3 aromatic rings. The SMILES string of the molecule is Nc1nc2cc(Br)cnc2n1-c1c(Cl)cccc1Cl. The van der Waals surface area contributed by atoms with Gasteiger partial charge in [-0.3, -0.25) is 4.57 Å². The van der Waals surface area contributed by atoms with Gasteiger partial charge in [-0.15, -0.1) is 0 Å². The van der Waals surface area contributed by atoms with Crippen molar-refractivity contribution in [2.45, 2.75) is 0 Å². The number of hydrogen-bond acceptors (Lipinski definition) is 3. The second-order valence-electron chi connectivity index (χ2n) is 3.87. The fourth-order valence-corrected chi connectivity index (χ4v) is 2.77. The van der Waals surface area contributed by atoms with Crippen molar-refractivity contribution in [3.05, 3.63) is 45.0 Å². The number of nitrogens with zero attached hydrogens (tertiary/aromatic N) is 3. The standard InChI is InChI=1S/C12H7BrCl2N4/c13-6-4-9-11(17-5-6)19(12(16)18-9)10-7(14)2-1-3-8(10)15/h1-5H,(H2,16,18). The van der Waals surface area contributed by atoms with Gasteiger partial charge in [0.15, 0.2) is 5.65 Å². The number of rotatable bonds is 1. The highest BCUT2D eigenvalue weighted by Gasteiger charge is 2.16. The molecule has 0 radical (unpaired) electrons. The van der Waals surface area contributed by atoms with Crippen molar-refractivity contribution in [2.24, 2.45) is 0 Å². The molecule has 0 saturated carbocycles. The molecule has 7 heteroatoms. The maximum absolute atomic E-state index is 6.20. The zero-order valence-corrected chi connectivity index (χ0v) is 12.5. The van der Waals surface area contributed by atoms with E-state index in [4.69, 9.17) is 28.9 Å². The summed E-state index contributed by atoms with van der Waals surface area (Å²) in [5.74, 6) is 0.288. The summed E-state index contributed by atoms with van der Waals surface area (Å²) in [6.07, 6.45) is 1.67. The lowest BCUT2D eigenvalue weighted by Gasteiger charge is -2.09. The topological polar surface area (TPSA) is 56.7 Å². The molecule has 0 saturated heterocycles. The van der Waals surface area contributed by atoms with Crippen LogP contribution in [0.4, 0.5) is 5.95 Å². The summed E-state index contributed by atoms with van der Waals surface area (Å²) in [5, 5.41) is 0.978. The number of nitrogens with two attached hydrogens (primary N) is 1. The van der Waals surface area contributed by atoms with Gasteiger partial charge in [0.25, 0.3) is 0 Å². The normalized spacial score (nSPS) is 11.1. The van der Waals surface area contributed by atoms with E-state index >= 15 is 0 Å². The molecule has 2 heterocycles. The zero-order chi connectivity index (χ0) is 13.6. The fraction of sp³-hybridized carbons (Fsp3) is 0. The van der Waals surface area contributed by atoms with E-state index in [2.05, 4.69) is 25.9 Å². The summed E-state index contributed by atoms with van der Waals surface area (Å²) >= 11 is 15.7. The Hall–Kier alpha value is -1.30. The van der Waals surface area contributed by atoms with E-state index in [9.17, 15) is 0 Å². The second kappa shape index (κ2) is 4.67. The van der Waals surface area contributed by atoms with Gasteiger partial charge in [0.05, 0.1) is 15.7 Å². The molecule has 0 aliphatic heterocycles. The molecule has 0 spiro atoms. The second-order valence-corrected chi connectivity index (χ2v) is 5.60. The van der Waals surface area contributed by atoms with E-state index in [1.807, 2.05) is 6.07 Å². The molecular formula is C12H7BrCl2N4. The molecule has 0 atom stereocenters. The summed E-state index contributed by atoms with van der Waals surface area (Å²) in [4.78, 5) is 8.58. The van der Waals surface area contributed by atoms with Gasteiger partial charge in [-0.05, 0) is 34.1 Å². The molecule has 0 aliphatic rings. The van der Waals surface area contributed by atoms with Crippen LogP contribution in [-0.4, -0.2) is 14.5 Å². The molecule has 2 N–H and O–H groups in total. The van der Waals surface area contributed by atoms with Gasteiger partial charge in [0.2, 0.25) is 5.95 Å². The third kappa shape index (κ3) is 2.08. The average Bonchev–Trinajstić information content (AvgIpc) is 2.65. The first kappa shape index (κ1) is 12.7. The van der Waals surface area contributed by atoms with Crippen LogP contribution in [-0.2, 0) is 0 Å². The summed E-state index contributed by atoms with van der Waals surface area (Å²) in [5.41, 5.74) is 7.81. The summed E-state index contributed by atoms with van der Waals surface area (Å²) < 4.78 is 2.47. The molecule has 3 rings (SSSR count). The van der Waals surface area contributed by atoms with Gasteiger partial charge in [-0.1, -0.05) is 29.3 Å². The molecule has 0 amide bonds. The van der Waals surface area contributed by atoms with Crippen molar-refractivity contribution in [2.75, 3.05) is 5.73 Å². The van der Waals surface area contributed by atoms with Gasteiger partial charge in [-0.2, -0.15) is 0 Å². The Balaban J connectivity index is 2.40. The van der Waals surface area contributed by atoms with Crippen molar-refractivity contribution in [3.63, 3.8) is 0 Å². The molecular weight excluding hydrogens is 351 g/mol. The van der Waals surface area contributed by atoms with Crippen LogP contribution < -0.4 is 5.73 Å². The highest BCUT2D eigenvalue weighted by molar-refractivity contribution is 9.10. The Morgan fingerprint density at radius 3 is 2.58 bits per heavy atom. The van der Waals surface area contributed by atoms with Crippen LogP contribution in [0.5, 0.6) is 0 Å². The molecule has 0 bridgehead atoms. The van der Waals surface area contributed by atoms with Crippen LogP contribution in [0.1, 0.15) is 0 Å². The van der Waals surface area contributed by atoms with E-state index in [0.717, 1.165) is 4.47 Å². The van der Waals surface area contributed by atoms with Gasteiger partial charge in [0, 0.05) is 10.7 Å². The van der Waals surface area contributed by atoms with Crippen LogP contribution in [0.3, 0.4) is 0 Å². The fourth-order valence-electron chi connectivity index (χ4n) is 1.88. The van der Waals surface area contributed by atoms with Crippen LogP contribution in [0.2, 0.25) is 10.0 Å². The molecule has 0 fully saturated rings. The van der Waals surface area contributed by atoms with Gasteiger partial charge < -0.3 is 5.73 Å². The maximum Gasteiger partial charge on any atom is 0.207 e. The Morgan fingerprint density at radius 2 is 1.89 bits per heavy atom. The minimum atomic E-state index is 0.288. The van der Waals surface area contributed by atoms with E-state index < -0.39 is 0 Å². The largest absolute Gasteiger partial charge is 0.369 e. The van der Waals surface area contributed by atoms with Crippen molar-refractivity contribution < 1.29 is 0 Å². The van der Waals surface area contributed by atoms with E-state index in [-0.39, 0.29) is 5.95 Å². The minimum absolute atomic E-state index is 0.288. The van der Waals surface area contributed by atoms with Gasteiger partial charge in [-0.25, -0.2) is 9.97 Å². The van der Waals surface area contributed by atoms with Crippen LogP contribution in [0, 0.1) is 0 Å². The third-order valence-electron chi connectivity index (χ3n) is 2.65. The first-order chi connectivity index (χ1) is 9.08. The number of para-hydroxylation sites is 1. The molecule has 2 aromatic heterocycles. The summed E-state index contributed by atoms with van der Waals surface area (Å²) in [7, 11) is 0. The van der Waals surface area contributed by atoms with Gasteiger partial charge >= 0.3 is 0 Å².